The number of halogens is 2. The van der Waals surface area contributed by atoms with E-state index in [2.05, 4.69) is 15.3 Å². The molecule has 0 saturated carbocycles. The summed E-state index contributed by atoms with van der Waals surface area (Å²) in [6.07, 6.45) is 0. The van der Waals surface area contributed by atoms with E-state index in [1.807, 2.05) is 6.92 Å². The van der Waals surface area contributed by atoms with Crippen molar-refractivity contribution in [1.29, 1.82) is 0 Å². The molecule has 0 aliphatic rings. The second kappa shape index (κ2) is 6.01. The maximum absolute atomic E-state index is 14.0. The fourth-order valence-corrected chi connectivity index (χ4v) is 2.05. The molecular formula is C13H12ClFN4O2. The number of nitro groups is 1. The summed E-state index contributed by atoms with van der Waals surface area (Å²) in [5, 5.41) is 14.3. The van der Waals surface area contributed by atoms with Gasteiger partial charge in [0, 0.05) is 17.1 Å². The van der Waals surface area contributed by atoms with Crippen LogP contribution in [0, 0.1) is 22.9 Å². The van der Waals surface area contributed by atoms with Crippen LogP contribution in [0.4, 0.5) is 16.0 Å². The molecule has 0 fully saturated rings. The highest BCUT2D eigenvalue weighted by molar-refractivity contribution is 6.30. The summed E-state index contributed by atoms with van der Waals surface area (Å²) in [5.74, 6) is -0.462. The van der Waals surface area contributed by atoms with Gasteiger partial charge in [0.05, 0.1) is 4.92 Å². The number of anilines is 1. The van der Waals surface area contributed by atoms with Crippen molar-refractivity contribution >= 4 is 23.2 Å². The number of nitrogens with one attached hydrogen (secondary N) is 1. The Hall–Kier alpha value is -2.28. The number of aromatic nitrogens is 2. The normalized spacial score (nSPS) is 10.5. The maximum atomic E-state index is 14.0. The van der Waals surface area contributed by atoms with E-state index in [9.17, 15) is 14.5 Å². The largest absolute Gasteiger partial charge is 0.354 e. The minimum absolute atomic E-state index is 0.00996. The van der Waals surface area contributed by atoms with Crippen LogP contribution < -0.4 is 5.32 Å². The molecule has 0 bridgehead atoms. The summed E-state index contributed by atoms with van der Waals surface area (Å²) in [5.41, 5.74) is -0.221. The molecular weight excluding hydrogens is 299 g/mol. The average Bonchev–Trinajstić information content (AvgIpc) is 2.37. The van der Waals surface area contributed by atoms with Crippen LogP contribution in [0.5, 0.6) is 0 Å². The van der Waals surface area contributed by atoms with Gasteiger partial charge in [-0.25, -0.2) is 14.4 Å². The second-order valence-corrected chi connectivity index (χ2v) is 4.68. The number of benzene rings is 1. The highest BCUT2D eigenvalue weighted by Gasteiger charge is 2.25. The SMILES string of the molecule is CCNc1nc(C)c([N+](=O)[O-])c(-c2ccc(Cl)cc2F)n1. The summed E-state index contributed by atoms with van der Waals surface area (Å²) >= 11 is 5.70. The Morgan fingerprint density at radius 3 is 2.71 bits per heavy atom. The lowest BCUT2D eigenvalue weighted by Gasteiger charge is -2.09. The van der Waals surface area contributed by atoms with Gasteiger partial charge in [-0.2, -0.15) is 0 Å². The first kappa shape index (κ1) is 15.1. The molecule has 1 N–H and O–H groups in total. The Balaban J connectivity index is 2.72. The molecule has 8 heteroatoms. The third-order valence-electron chi connectivity index (χ3n) is 2.76. The van der Waals surface area contributed by atoms with E-state index in [0.717, 1.165) is 6.07 Å². The predicted molar refractivity (Wildman–Crippen MR) is 78.0 cm³/mol. The summed E-state index contributed by atoms with van der Waals surface area (Å²) < 4.78 is 14.0. The van der Waals surface area contributed by atoms with Crippen LogP contribution in [0.2, 0.25) is 5.02 Å². The lowest BCUT2D eigenvalue weighted by molar-refractivity contribution is -0.385. The summed E-state index contributed by atoms with van der Waals surface area (Å²) in [6.45, 7) is 3.86. The van der Waals surface area contributed by atoms with Crippen molar-refractivity contribution in [2.45, 2.75) is 13.8 Å². The van der Waals surface area contributed by atoms with Crippen LogP contribution in [0.3, 0.4) is 0 Å². The van der Waals surface area contributed by atoms with Crippen molar-refractivity contribution in [3.8, 4) is 11.3 Å². The van der Waals surface area contributed by atoms with Crippen LogP contribution in [-0.2, 0) is 0 Å². The van der Waals surface area contributed by atoms with Crippen molar-refractivity contribution in [3.63, 3.8) is 0 Å². The molecule has 0 unspecified atom stereocenters. The molecule has 0 radical (unpaired) electrons. The fourth-order valence-electron chi connectivity index (χ4n) is 1.89. The van der Waals surface area contributed by atoms with Crippen molar-refractivity contribution in [1.82, 2.24) is 9.97 Å². The standard InChI is InChI=1S/C13H12ClFN4O2/c1-3-16-13-17-7(2)12(19(20)21)11(18-13)9-5-4-8(14)6-10(9)15/h4-6H,3H2,1-2H3,(H,16,17,18). The molecule has 0 saturated heterocycles. The van der Waals surface area contributed by atoms with Crippen LogP contribution >= 0.6 is 11.6 Å². The molecule has 2 rings (SSSR count). The van der Waals surface area contributed by atoms with Crippen LogP contribution in [-0.4, -0.2) is 21.4 Å². The summed E-state index contributed by atoms with van der Waals surface area (Å²) in [7, 11) is 0. The predicted octanol–water partition coefficient (Wildman–Crippen LogP) is 3.58. The van der Waals surface area contributed by atoms with Gasteiger partial charge < -0.3 is 5.32 Å². The van der Waals surface area contributed by atoms with E-state index in [1.54, 1.807) is 0 Å². The van der Waals surface area contributed by atoms with Crippen molar-refractivity contribution < 1.29 is 9.31 Å². The monoisotopic (exact) mass is 310 g/mol. The van der Waals surface area contributed by atoms with Crippen LogP contribution in [0.1, 0.15) is 12.6 Å². The molecule has 1 aromatic heterocycles. The van der Waals surface area contributed by atoms with E-state index in [-0.39, 0.29) is 33.6 Å². The molecule has 1 heterocycles. The quantitative estimate of drug-likeness (QED) is 0.689. The molecule has 6 nitrogen and oxygen atoms in total. The van der Waals surface area contributed by atoms with Gasteiger partial charge in [0.2, 0.25) is 5.95 Å². The first-order valence-electron chi connectivity index (χ1n) is 6.16. The molecule has 1 aromatic carbocycles. The molecule has 21 heavy (non-hydrogen) atoms. The molecule has 110 valence electrons. The van der Waals surface area contributed by atoms with Crippen molar-refractivity contribution in [3.05, 3.63) is 44.8 Å². The Labute approximate surface area is 125 Å². The lowest BCUT2D eigenvalue weighted by Crippen LogP contribution is -2.08. The first-order valence-corrected chi connectivity index (χ1v) is 6.54. The van der Waals surface area contributed by atoms with Gasteiger partial charge in [0.15, 0.2) is 5.69 Å². The van der Waals surface area contributed by atoms with Gasteiger partial charge >= 0.3 is 5.69 Å². The van der Waals surface area contributed by atoms with E-state index in [0.29, 0.717) is 6.54 Å². The van der Waals surface area contributed by atoms with Gasteiger partial charge in [0.1, 0.15) is 11.5 Å². The fraction of sp³-hybridized carbons (Fsp3) is 0.231. The highest BCUT2D eigenvalue weighted by atomic mass is 35.5. The molecule has 0 atom stereocenters. The Morgan fingerprint density at radius 1 is 1.43 bits per heavy atom. The van der Waals surface area contributed by atoms with Gasteiger partial charge in [-0.15, -0.1) is 0 Å². The van der Waals surface area contributed by atoms with E-state index >= 15 is 0 Å². The van der Waals surface area contributed by atoms with Gasteiger partial charge in [0.25, 0.3) is 0 Å². The molecule has 0 amide bonds. The minimum atomic E-state index is -0.675. The van der Waals surface area contributed by atoms with Crippen LogP contribution in [0.25, 0.3) is 11.3 Å². The zero-order chi connectivity index (χ0) is 15.6. The topological polar surface area (TPSA) is 81.0 Å². The smallest absolute Gasteiger partial charge is 0.316 e. The number of hydrogen-bond donors (Lipinski definition) is 1. The minimum Gasteiger partial charge on any atom is -0.354 e. The number of nitrogens with zero attached hydrogens (tertiary/aromatic N) is 3. The molecule has 0 aliphatic carbocycles. The number of aryl methyl sites for hydroxylation is 1. The van der Waals surface area contributed by atoms with E-state index in [1.165, 1.54) is 19.1 Å². The van der Waals surface area contributed by atoms with Crippen molar-refractivity contribution in [2.24, 2.45) is 0 Å². The maximum Gasteiger partial charge on any atom is 0.316 e. The average molecular weight is 311 g/mol. The molecule has 0 spiro atoms. The van der Waals surface area contributed by atoms with Gasteiger partial charge in [-0.05, 0) is 32.0 Å². The first-order chi connectivity index (χ1) is 9.93. The van der Waals surface area contributed by atoms with Gasteiger partial charge in [-0.3, -0.25) is 10.1 Å². The Morgan fingerprint density at radius 2 is 2.14 bits per heavy atom. The Bertz CT molecular complexity index is 709. The highest BCUT2D eigenvalue weighted by Crippen LogP contribution is 2.33. The summed E-state index contributed by atoms with van der Waals surface area (Å²) in [6, 6.07) is 3.90. The van der Waals surface area contributed by atoms with E-state index < -0.39 is 10.7 Å². The Kier molecular flexibility index (Phi) is 4.32. The van der Waals surface area contributed by atoms with Gasteiger partial charge in [-0.1, -0.05) is 11.6 Å². The number of rotatable bonds is 4. The third kappa shape index (κ3) is 3.08. The summed E-state index contributed by atoms with van der Waals surface area (Å²) in [4.78, 5) is 18.7. The van der Waals surface area contributed by atoms with Crippen molar-refractivity contribution in [2.75, 3.05) is 11.9 Å². The van der Waals surface area contributed by atoms with E-state index in [4.69, 9.17) is 11.6 Å². The zero-order valence-electron chi connectivity index (χ0n) is 11.4. The number of hydrogen-bond acceptors (Lipinski definition) is 5. The molecule has 0 aliphatic heterocycles. The third-order valence-corrected chi connectivity index (χ3v) is 3.00. The lowest BCUT2D eigenvalue weighted by atomic mass is 10.1. The second-order valence-electron chi connectivity index (χ2n) is 4.24. The zero-order valence-corrected chi connectivity index (χ0v) is 12.1. The van der Waals surface area contributed by atoms with Crippen LogP contribution in [0.15, 0.2) is 18.2 Å². The molecule has 2 aromatic rings.